The van der Waals surface area contributed by atoms with Crippen LogP contribution in [0.1, 0.15) is 27.3 Å². The van der Waals surface area contributed by atoms with E-state index >= 15 is 0 Å². The number of halogens is 1. The highest BCUT2D eigenvalue weighted by molar-refractivity contribution is 7.98. The summed E-state index contributed by atoms with van der Waals surface area (Å²) in [7, 11) is 0. The van der Waals surface area contributed by atoms with Gasteiger partial charge in [-0.1, -0.05) is 48.2 Å². The zero-order chi connectivity index (χ0) is 22.8. The molecule has 5 rings (SSSR count). The van der Waals surface area contributed by atoms with Gasteiger partial charge in [0, 0.05) is 22.7 Å². The second kappa shape index (κ2) is 8.75. The molecule has 2 aromatic carbocycles. The summed E-state index contributed by atoms with van der Waals surface area (Å²) >= 11 is 1.27. The van der Waals surface area contributed by atoms with Crippen LogP contribution in [0.4, 0.5) is 16.0 Å². The number of anilines is 2. The van der Waals surface area contributed by atoms with Crippen LogP contribution in [0.25, 0.3) is 11.6 Å². The number of nitrogens with zero attached hydrogens (tertiary/aromatic N) is 2. The van der Waals surface area contributed by atoms with E-state index in [1.807, 2.05) is 24.3 Å². The molecule has 2 amide bonds. The third kappa shape index (κ3) is 4.41. The first-order valence-electron chi connectivity index (χ1n) is 9.98. The average Bonchev–Trinajstić information content (AvgIpc) is 3.53. The molecule has 0 saturated carbocycles. The fourth-order valence-corrected chi connectivity index (χ4v) is 4.16. The molecule has 0 saturated heterocycles. The third-order valence-electron chi connectivity index (χ3n) is 4.98. The van der Waals surface area contributed by atoms with E-state index in [0.717, 1.165) is 11.3 Å². The van der Waals surface area contributed by atoms with Gasteiger partial charge in [0.05, 0.1) is 5.57 Å². The number of hydrogen-bond donors (Lipinski definition) is 4. The zero-order valence-corrected chi connectivity index (χ0v) is 17.9. The molecule has 0 fully saturated rings. The van der Waals surface area contributed by atoms with E-state index in [-0.39, 0.29) is 17.7 Å². The summed E-state index contributed by atoms with van der Waals surface area (Å²) < 4.78 is 13.7. The van der Waals surface area contributed by atoms with E-state index in [4.69, 9.17) is 0 Å². The highest BCUT2D eigenvalue weighted by atomic mass is 32.2. The van der Waals surface area contributed by atoms with Crippen LogP contribution in [0, 0.1) is 5.82 Å². The van der Waals surface area contributed by atoms with Crippen molar-refractivity contribution in [2.75, 3.05) is 10.6 Å². The van der Waals surface area contributed by atoms with E-state index in [1.165, 1.54) is 17.8 Å². The number of hydrogen-bond acceptors (Lipinski definition) is 5. The standard InChI is InChI=1S/C23H17FN6O2S/c24-17-7-3-1-5-13(17)12-33-23-28-22(29-30-23)27-21(32)19-10-9-14(25-19)11-16-15-6-2-4-8-18(15)26-20(16)31/h1-11,25H,12H2,(H,26,31)(H2,27,28,29,30,32)/b16-11-. The van der Waals surface area contributed by atoms with Crippen molar-refractivity contribution in [2.24, 2.45) is 0 Å². The van der Waals surface area contributed by atoms with Crippen LogP contribution in [0.2, 0.25) is 0 Å². The van der Waals surface area contributed by atoms with Crippen molar-refractivity contribution >= 4 is 46.9 Å². The maximum Gasteiger partial charge on any atom is 0.274 e. The van der Waals surface area contributed by atoms with Crippen LogP contribution in [0.3, 0.4) is 0 Å². The van der Waals surface area contributed by atoms with Crippen molar-refractivity contribution in [3.05, 3.63) is 89.0 Å². The lowest BCUT2D eigenvalue weighted by Crippen LogP contribution is -2.13. The first kappa shape index (κ1) is 20.7. The van der Waals surface area contributed by atoms with Crippen LogP contribution in [0.15, 0.2) is 65.8 Å². The molecular weight excluding hydrogens is 443 g/mol. The van der Waals surface area contributed by atoms with Gasteiger partial charge in [-0.3, -0.25) is 14.9 Å². The van der Waals surface area contributed by atoms with Crippen LogP contribution in [-0.4, -0.2) is 32.0 Å². The second-order valence-corrected chi connectivity index (χ2v) is 8.16. The molecule has 1 aliphatic heterocycles. The highest BCUT2D eigenvalue weighted by Gasteiger charge is 2.23. The van der Waals surface area contributed by atoms with Crippen molar-refractivity contribution in [1.82, 2.24) is 20.2 Å². The van der Waals surface area contributed by atoms with E-state index < -0.39 is 5.91 Å². The van der Waals surface area contributed by atoms with Gasteiger partial charge in [0.2, 0.25) is 5.95 Å². The third-order valence-corrected chi connectivity index (χ3v) is 5.90. The van der Waals surface area contributed by atoms with Crippen LogP contribution >= 0.6 is 11.8 Å². The minimum atomic E-state index is -0.419. The Morgan fingerprint density at radius 1 is 1.03 bits per heavy atom. The number of para-hydroxylation sites is 1. The highest BCUT2D eigenvalue weighted by Crippen LogP contribution is 2.32. The van der Waals surface area contributed by atoms with E-state index in [0.29, 0.717) is 33.4 Å². The van der Waals surface area contributed by atoms with E-state index in [9.17, 15) is 14.0 Å². The van der Waals surface area contributed by atoms with Gasteiger partial charge in [-0.15, -0.1) is 10.2 Å². The Hall–Kier alpha value is -4.18. The first-order chi connectivity index (χ1) is 16.1. The molecule has 33 heavy (non-hydrogen) atoms. The quantitative estimate of drug-likeness (QED) is 0.253. The molecule has 0 atom stereocenters. The summed E-state index contributed by atoms with van der Waals surface area (Å²) in [6.45, 7) is 0. The van der Waals surface area contributed by atoms with Crippen LogP contribution in [-0.2, 0) is 10.5 Å². The number of nitrogens with one attached hydrogen (secondary N) is 4. The molecule has 0 aliphatic carbocycles. The van der Waals surface area contributed by atoms with Crippen molar-refractivity contribution in [3.8, 4) is 0 Å². The molecular formula is C23H17FN6O2S. The molecule has 10 heteroatoms. The Labute approximate surface area is 191 Å². The van der Waals surface area contributed by atoms with Crippen LogP contribution in [0.5, 0.6) is 0 Å². The summed E-state index contributed by atoms with van der Waals surface area (Å²) in [5, 5.41) is 13.8. The van der Waals surface area contributed by atoms with E-state index in [2.05, 4.69) is 30.8 Å². The molecule has 8 nitrogen and oxygen atoms in total. The minimum Gasteiger partial charge on any atom is -0.351 e. The molecule has 0 radical (unpaired) electrons. The molecule has 0 unspecified atom stereocenters. The number of amides is 2. The minimum absolute atomic E-state index is 0.176. The summed E-state index contributed by atoms with van der Waals surface area (Å²) in [6.07, 6.45) is 1.70. The smallest absolute Gasteiger partial charge is 0.274 e. The number of rotatable bonds is 6. The largest absolute Gasteiger partial charge is 0.351 e. The molecule has 4 aromatic rings. The zero-order valence-electron chi connectivity index (χ0n) is 17.1. The number of aromatic nitrogens is 4. The number of carbonyl (C=O) groups is 2. The number of aromatic amines is 2. The summed E-state index contributed by atoms with van der Waals surface area (Å²) in [6, 6.07) is 17.3. The Morgan fingerprint density at radius 2 is 1.85 bits per heavy atom. The molecule has 3 heterocycles. The Morgan fingerprint density at radius 3 is 2.73 bits per heavy atom. The lowest BCUT2D eigenvalue weighted by Gasteiger charge is -2.00. The van der Waals surface area contributed by atoms with Crippen molar-refractivity contribution in [3.63, 3.8) is 0 Å². The summed E-state index contributed by atoms with van der Waals surface area (Å²) in [5.41, 5.74) is 3.55. The lowest BCUT2D eigenvalue weighted by atomic mass is 10.1. The number of H-pyrrole nitrogens is 2. The predicted molar refractivity (Wildman–Crippen MR) is 124 cm³/mol. The Balaban J connectivity index is 1.24. The fraction of sp³-hybridized carbons (Fsp3) is 0.0435. The SMILES string of the molecule is O=C1Nc2ccccc2/C1=C/c1ccc(C(=O)Nc2nnc(SCc3ccccc3F)[nH]2)[nH]1. The van der Waals surface area contributed by atoms with Gasteiger partial charge in [-0.05, 0) is 35.9 Å². The van der Waals surface area contributed by atoms with Crippen LogP contribution < -0.4 is 10.6 Å². The maximum absolute atomic E-state index is 13.7. The number of benzene rings is 2. The maximum atomic E-state index is 13.7. The van der Waals surface area contributed by atoms with Crippen molar-refractivity contribution < 1.29 is 14.0 Å². The first-order valence-corrected chi connectivity index (χ1v) is 11.0. The molecule has 0 spiro atoms. The number of carbonyl (C=O) groups excluding carboxylic acids is 2. The van der Waals surface area contributed by atoms with Gasteiger partial charge in [0.25, 0.3) is 11.8 Å². The van der Waals surface area contributed by atoms with Crippen molar-refractivity contribution in [1.29, 1.82) is 0 Å². The topological polar surface area (TPSA) is 116 Å². The van der Waals surface area contributed by atoms with Gasteiger partial charge in [-0.25, -0.2) is 4.39 Å². The summed E-state index contributed by atoms with van der Waals surface area (Å²) in [5.74, 6) is -0.346. The Bertz CT molecular complexity index is 1390. The van der Waals surface area contributed by atoms with Gasteiger partial charge < -0.3 is 15.3 Å². The van der Waals surface area contributed by atoms with Gasteiger partial charge >= 0.3 is 0 Å². The van der Waals surface area contributed by atoms with Crippen molar-refractivity contribution in [2.45, 2.75) is 10.9 Å². The van der Waals surface area contributed by atoms with E-state index in [1.54, 1.807) is 36.4 Å². The molecule has 1 aliphatic rings. The predicted octanol–water partition coefficient (Wildman–Crippen LogP) is 4.31. The number of thioether (sulfide) groups is 1. The molecule has 0 bridgehead atoms. The van der Waals surface area contributed by atoms with Gasteiger partial charge in [-0.2, -0.15) is 0 Å². The normalized spacial score (nSPS) is 13.7. The molecule has 2 aromatic heterocycles. The molecule has 4 N–H and O–H groups in total. The monoisotopic (exact) mass is 460 g/mol. The molecule has 164 valence electrons. The van der Waals surface area contributed by atoms with Gasteiger partial charge in [0.1, 0.15) is 11.5 Å². The van der Waals surface area contributed by atoms with Gasteiger partial charge in [0.15, 0.2) is 5.16 Å². The lowest BCUT2D eigenvalue weighted by molar-refractivity contribution is -0.110. The number of fused-ring (bicyclic) bond motifs is 1. The Kier molecular flexibility index (Phi) is 5.49. The fourth-order valence-electron chi connectivity index (χ4n) is 3.37. The average molecular weight is 460 g/mol. The second-order valence-electron chi connectivity index (χ2n) is 7.20. The summed E-state index contributed by atoms with van der Waals surface area (Å²) in [4.78, 5) is 30.7.